The van der Waals surface area contributed by atoms with Crippen LogP contribution < -0.4 is 0 Å². The zero-order valence-corrected chi connectivity index (χ0v) is 25.5. The molecule has 0 amide bonds. The molecule has 0 heterocycles. The fourth-order valence-corrected chi connectivity index (χ4v) is 3.74. The Bertz CT molecular complexity index is 1690. The summed E-state index contributed by atoms with van der Waals surface area (Å²) < 4.78 is 526. The van der Waals surface area contributed by atoms with E-state index in [1.54, 1.807) is 0 Å². The van der Waals surface area contributed by atoms with E-state index in [9.17, 15) is 171 Å². The fourth-order valence-electron chi connectivity index (χ4n) is 3.28. The maximum absolute atomic E-state index is 13.9. The summed E-state index contributed by atoms with van der Waals surface area (Å²) in [5.74, 6) is -161. The van der Waals surface area contributed by atoms with E-state index in [1.807, 2.05) is 0 Å². The van der Waals surface area contributed by atoms with Crippen molar-refractivity contribution in [3.05, 3.63) is 0 Å². The van der Waals surface area contributed by atoms with Gasteiger partial charge in [0.2, 0.25) is 0 Å². The van der Waals surface area contributed by atoms with E-state index in [1.165, 1.54) is 0 Å². The summed E-state index contributed by atoms with van der Waals surface area (Å²) in [6.45, 7) is 0. The molecular formula is C18H2F37KO3S. The summed E-state index contributed by atoms with van der Waals surface area (Å²) in [5.41, 5.74) is 0. The van der Waals surface area contributed by atoms with Gasteiger partial charge in [-0.1, -0.05) is 0 Å². The summed E-state index contributed by atoms with van der Waals surface area (Å²) in [6.07, 6.45) is -8.49. The second-order valence-corrected chi connectivity index (χ2v) is 12.1. The molecular weight excluding hydrogens is 1040 g/mol. The molecule has 0 bridgehead atoms. The second kappa shape index (κ2) is 14.7. The second-order valence-electron chi connectivity index (χ2n) is 10.7. The average molecular weight is 1040 g/mol. The van der Waals surface area contributed by atoms with Gasteiger partial charge in [0.1, 0.15) is 0 Å². The third kappa shape index (κ3) is 6.88. The molecule has 0 aromatic heterocycles. The minimum absolute atomic E-state index is 0. The molecule has 0 aliphatic carbocycles. The Morgan fingerprint density at radius 2 is 0.317 bits per heavy atom. The van der Waals surface area contributed by atoms with Crippen molar-refractivity contribution < 1.29 is 175 Å². The van der Waals surface area contributed by atoms with Crippen molar-refractivity contribution in [1.82, 2.24) is 0 Å². The number of hydrogen-bond acceptors (Lipinski definition) is 2. The molecule has 3 nitrogen and oxygen atoms in total. The Labute approximate surface area is 342 Å². The van der Waals surface area contributed by atoms with E-state index in [-0.39, 0.29) is 51.4 Å². The molecule has 60 heavy (non-hydrogen) atoms. The molecule has 0 saturated heterocycles. The van der Waals surface area contributed by atoms with E-state index in [4.69, 9.17) is 4.55 Å². The molecule has 0 unspecified atom stereocenters. The molecule has 358 valence electrons. The van der Waals surface area contributed by atoms with E-state index in [0.29, 0.717) is 0 Å². The minimum atomic E-state index is -10.5. The number of halogens is 37. The van der Waals surface area contributed by atoms with Gasteiger partial charge in [-0.25, -0.2) is 0 Å². The molecule has 0 aromatic rings. The predicted molar refractivity (Wildman–Crippen MR) is 109 cm³/mol. The van der Waals surface area contributed by atoms with Crippen LogP contribution in [0.3, 0.4) is 0 Å². The van der Waals surface area contributed by atoms with E-state index in [2.05, 4.69) is 0 Å². The van der Waals surface area contributed by atoms with Crippen molar-refractivity contribution in [2.45, 2.75) is 106 Å². The first-order valence-corrected chi connectivity index (χ1v) is 13.4. The molecule has 0 radical (unpaired) electrons. The van der Waals surface area contributed by atoms with Crippen molar-refractivity contribution in [3.63, 3.8) is 0 Å². The van der Waals surface area contributed by atoms with E-state index >= 15 is 0 Å². The zero-order valence-electron chi connectivity index (χ0n) is 24.7. The van der Waals surface area contributed by atoms with Gasteiger partial charge >= 0.3 is 168 Å². The zero-order chi connectivity index (χ0) is 49.5. The van der Waals surface area contributed by atoms with Crippen LogP contribution in [0.15, 0.2) is 0 Å². The van der Waals surface area contributed by atoms with E-state index in [0.717, 1.165) is 0 Å². The molecule has 1 N–H and O–H groups in total. The van der Waals surface area contributed by atoms with Crippen LogP contribution in [0, 0.1) is 0 Å². The Morgan fingerprint density at radius 3 is 0.417 bits per heavy atom. The Balaban J connectivity index is 0. The van der Waals surface area contributed by atoms with Crippen LogP contribution in [0.1, 0.15) is 0 Å². The number of hydrogen-bond donors (Lipinski definition) is 1. The summed E-state index contributed by atoms with van der Waals surface area (Å²) in [7, 11) is -8.52. The number of rotatable bonds is 17. The monoisotopic (exact) mass is 1040 g/mol. The van der Waals surface area contributed by atoms with Gasteiger partial charge in [-0.2, -0.15) is 171 Å². The average Bonchev–Trinajstić information content (AvgIpc) is 2.98. The first-order chi connectivity index (χ1) is 24.5. The van der Waals surface area contributed by atoms with Gasteiger partial charge in [0.25, 0.3) is 0 Å². The van der Waals surface area contributed by atoms with Gasteiger partial charge < -0.3 is 0 Å². The summed E-state index contributed by atoms with van der Waals surface area (Å²) >= 11 is 0. The molecule has 0 aliphatic heterocycles. The molecule has 0 saturated carbocycles. The maximum atomic E-state index is 13.9. The van der Waals surface area contributed by atoms with Crippen LogP contribution in [-0.4, -0.2) is 171 Å². The predicted octanol–water partition coefficient (Wildman–Crippen LogP) is 10.5. The molecule has 0 spiro atoms. The van der Waals surface area contributed by atoms with Gasteiger partial charge in [0.15, 0.2) is 0 Å². The van der Waals surface area contributed by atoms with Gasteiger partial charge in [0, 0.05) is 0 Å². The summed E-state index contributed by atoms with van der Waals surface area (Å²) in [6, 6.07) is 0. The van der Waals surface area contributed by atoms with Gasteiger partial charge in [-0.05, 0) is 0 Å². The van der Waals surface area contributed by atoms with E-state index < -0.39 is 116 Å². The van der Waals surface area contributed by atoms with Crippen LogP contribution >= 0.6 is 0 Å². The third-order valence-corrected chi connectivity index (χ3v) is 7.86. The molecule has 0 fully saturated rings. The fraction of sp³-hybridized carbons (Fsp3) is 1.00. The van der Waals surface area contributed by atoms with Gasteiger partial charge in [-0.3, -0.25) is 4.55 Å². The van der Waals surface area contributed by atoms with Gasteiger partial charge in [-0.15, -0.1) is 0 Å². The quantitative estimate of drug-likeness (QED) is 0.0897. The van der Waals surface area contributed by atoms with Crippen molar-refractivity contribution in [2.24, 2.45) is 0 Å². The van der Waals surface area contributed by atoms with Crippen molar-refractivity contribution in [2.75, 3.05) is 0 Å². The summed E-state index contributed by atoms with van der Waals surface area (Å²) in [5, 5.41) is -8.51. The van der Waals surface area contributed by atoms with Crippen LogP contribution in [0.2, 0.25) is 0 Å². The van der Waals surface area contributed by atoms with Gasteiger partial charge in [0.05, 0.1) is 0 Å². The normalized spacial score (nSPS) is 17.2. The van der Waals surface area contributed by atoms with Crippen LogP contribution in [0.5, 0.6) is 0 Å². The molecule has 0 aromatic carbocycles. The Kier molecular flexibility index (Phi) is 15.0. The third-order valence-electron chi connectivity index (χ3n) is 6.96. The molecule has 42 heteroatoms. The molecule has 0 aliphatic rings. The van der Waals surface area contributed by atoms with Crippen molar-refractivity contribution in [3.8, 4) is 0 Å². The Hall–Kier alpha value is -1.04. The van der Waals surface area contributed by atoms with Crippen molar-refractivity contribution >= 4 is 61.5 Å². The van der Waals surface area contributed by atoms with Crippen LogP contribution in [0.4, 0.5) is 162 Å². The Morgan fingerprint density at radius 1 is 0.217 bits per heavy atom. The van der Waals surface area contributed by atoms with Crippen molar-refractivity contribution in [1.29, 1.82) is 0 Å². The molecule has 0 atom stereocenters. The topological polar surface area (TPSA) is 54.4 Å². The molecule has 0 rings (SSSR count). The summed E-state index contributed by atoms with van der Waals surface area (Å²) in [4.78, 5) is 0. The first-order valence-electron chi connectivity index (χ1n) is 12.0. The SMILES string of the molecule is O=S(=O)(O)C(F)(F)C(F)(F)C(F)(F)C(F)(F)C(F)(F)C(F)(F)C(F)(F)C(F)(F)C(F)(F)C(F)(F)C(F)(F)C(F)(F)C(F)(F)C(F)(F)C(F)(F)C(F)(F)C(F)(F)C(F)(F)F.[KH]. The standard InChI is InChI=1S/C18HF37O3S.K.H/c19-1(20,3(23,24)5(27,28)7(31,32)9(35,36)11(39,40)13(43,44)15(47,48)17(51,52)53)2(21,22)4(25,26)6(29,30)8(33,34)10(37,38)12(41,42)14(45,46)16(49,50)18(54,55)59(56,57)58;;/h(H,56,57,58);;. The first kappa shape index (κ1) is 61.0. The van der Waals surface area contributed by atoms with Crippen LogP contribution in [-0.2, 0) is 10.1 Å². The van der Waals surface area contributed by atoms with Crippen LogP contribution in [0.25, 0.3) is 0 Å². The number of alkyl halides is 37.